The van der Waals surface area contributed by atoms with Gasteiger partial charge in [-0.2, -0.15) is 0 Å². The van der Waals surface area contributed by atoms with Gasteiger partial charge in [-0.15, -0.1) is 0 Å². The molecular weight excluding hydrogens is 186 g/mol. The summed E-state index contributed by atoms with van der Waals surface area (Å²) in [6.07, 6.45) is 0. The topological polar surface area (TPSA) is 21.3 Å². The molecule has 0 spiro atoms. The molecule has 1 heterocycles. The zero-order chi connectivity index (χ0) is 10.7. The Morgan fingerprint density at radius 1 is 1.33 bits per heavy atom. The number of aryl methyl sites for hydroxylation is 1. The second-order valence-electron chi connectivity index (χ2n) is 4.83. The normalized spacial score (nSPS) is 18.5. The van der Waals surface area contributed by atoms with Gasteiger partial charge < -0.3 is 10.1 Å². The first-order valence-electron chi connectivity index (χ1n) is 5.53. The molecule has 0 unspecified atom stereocenters. The Hall–Kier alpha value is -0.860. The summed E-state index contributed by atoms with van der Waals surface area (Å²) in [5.41, 5.74) is 3.12. The van der Waals surface area contributed by atoms with Crippen LogP contribution < -0.4 is 5.32 Å². The first-order chi connectivity index (χ1) is 7.20. The molecule has 1 aromatic carbocycles. The molecule has 1 aliphatic heterocycles. The van der Waals surface area contributed by atoms with Crippen LogP contribution >= 0.6 is 0 Å². The number of benzene rings is 1. The monoisotopic (exact) mass is 205 g/mol. The third kappa shape index (κ3) is 2.58. The molecule has 0 aromatic heterocycles. The van der Waals surface area contributed by atoms with Crippen LogP contribution in [0.5, 0.6) is 0 Å². The maximum Gasteiger partial charge on any atom is 0.0554 e. The molecule has 1 saturated heterocycles. The largest absolute Gasteiger partial charge is 0.380 e. The molecule has 0 amide bonds. The van der Waals surface area contributed by atoms with Crippen molar-refractivity contribution in [2.75, 3.05) is 19.8 Å². The van der Waals surface area contributed by atoms with E-state index in [-0.39, 0.29) is 0 Å². The van der Waals surface area contributed by atoms with Gasteiger partial charge in [0.1, 0.15) is 0 Å². The van der Waals surface area contributed by atoms with E-state index in [1.807, 2.05) is 0 Å². The van der Waals surface area contributed by atoms with Gasteiger partial charge in [0.05, 0.1) is 13.2 Å². The Kier molecular flexibility index (Phi) is 3.08. The fraction of sp³-hybridized carbons (Fsp3) is 0.538. The van der Waals surface area contributed by atoms with Crippen LogP contribution in [0.4, 0.5) is 0 Å². The van der Waals surface area contributed by atoms with Gasteiger partial charge in [0, 0.05) is 18.5 Å². The van der Waals surface area contributed by atoms with E-state index < -0.39 is 0 Å². The lowest BCUT2D eigenvalue weighted by Gasteiger charge is -2.38. The Balaban J connectivity index is 1.81. The maximum atomic E-state index is 5.22. The van der Waals surface area contributed by atoms with E-state index in [9.17, 15) is 0 Å². The molecule has 82 valence electrons. The van der Waals surface area contributed by atoms with Gasteiger partial charge in [-0.3, -0.25) is 0 Å². The van der Waals surface area contributed by atoms with Gasteiger partial charge in [0.15, 0.2) is 0 Å². The minimum Gasteiger partial charge on any atom is -0.380 e. The summed E-state index contributed by atoms with van der Waals surface area (Å²) in [6.45, 7) is 8.22. The van der Waals surface area contributed by atoms with Gasteiger partial charge in [-0.1, -0.05) is 31.2 Å². The Morgan fingerprint density at radius 2 is 2.07 bits per heavy atom. The summed E-state index contributed by atoms with van der Waals surface area (Å²) in [5, 5.41) is 3.50. The Morgan fingerprint density at radius 3 is 2.67 bits per heavy atom. The predicted molar refractivity (Wildman–Crippen MR) is 61.8 cm³/mol. The van der Waals surface area contributed by atoms with Crippen LogP contribution in [-0.2, 0) is 11.3 Å². The molecule has 1 aromatic rings. The lowest BCUT2D eigenvalue weighted by Crippen LogP contribution is -2.47. The van der Waals surface area contributed by atoms with Crippen LogP contribution in [0.3, 0.4) is 0 Å². The molecule has 15 heavy (non-hydrogen) atoms. The SMILES string of the molecule is Cc1ccccc1CNCC1(C)COC1. The number of hydrogen-bond acceptors (Lipinski definition) is 2. The van der Waals surface area contributed by atoms with Crippen molar-refractivity contribution in [1.82, 2.24) is 5.32 Å². The minimum absolute atomic E-state index is 0.364. The number of hydrogen-bond donors (Lipinski definition) is 1. The highest BCUT2D eigenvalue weighted by Gasteiger charge is 2.32. The number of ether oxygens (including phenoxy) is 1. The average Bonchev–Trinajstić information content (AvgIpc) is 2.18. The van der Waals surface area contributed by atoms with Crippen molar-refractivity contribution in [3.05, 3.63) is 35.4 Å². The fourth-order valence-electron chi connectivity index (χ4n) is 1.86. The molecule has 0 radical (unpaired) electrons. The molecular formula is C13H19NO. The van der Waals surface area contributed by atoms with Crippen LogP contribution in [0.15, 0.2) is 24.3 Å². The molecule has 2 heteroatoms. The van der Waals surface area contributed by atoms with Crippen molar-refractivity contribution in [3.63, 3.8) is 0 Å². The zero-order valence-electron chi connectivity index (χ0n) is 9.55. The molecule has 1 aliphatic rings. The highest BCUT2D eigenvalue weighted by molar-refractivity contribution is 5.25. The molecule has 0 atom stereocenters. The second kappa shape index (κ2) is 4.33. The van der Waals surface area contributed by atoms with Crippen molar-refractivity contribution in [2.24, 2.45) is 5.41 Å². The van der Waals surface area contributed by atoms with Crippen LogP contribution in [0.25, 0.3) is 0 Å². The summed E-state index contributed by atoms with van der Waals surface area (Å²) >= 11 is 0. The molecule has 0 saturated carbocycles. The highest BCUT2D eigenvalue weighted by Crippen LogP contribution is 2.25. The smallest absolute Gasteiger partial charge is 0.0554 e. The van der Waals surface area contributed by atoms with E-state index in [1.165, 1.54) is 11.1 Å². The second-order valence-corrected chi connectivity index (χ2v) is 4.83. The van der Waals surface area contributed by atoms with Crippen molar-refractivity contribution in [1.29, 1.82) is 0 Å². The van der Waals surface area contributed by atoms with Gasteiger partial charge in [-0.25, -0.2) is 0 Å². The van der Waals surface area contributed by atoms with Crippen molar-refractivity contribution >= 4 is 0 Å². The Labute approximate surface area is 91.6 Å². The summed E-state index contributed by atoms with van der Waals surface area (Å²) < 4.78 is 5.22. The first-order valence-corrected chi connectivity index (χ1v) is 5.53. The third-order valence-corrected chi connectivity index (χ3v) is 3.03. The third-order valence-electron chi connectivity index (χ3n) is 3.03. The lowest BCUT2D eigenvalue weighted by molar-refractivity contribution is -0.0991. The van der Waals surface area contributed by atoms with Crippen LogP contribution in [0.1, 0.15) is 18.1 Å². The quantitative estimate of drug-likeness (QED) is 0.813. The average molecular weight is 205 g/mol. The Bertz CT molecular complexity index is 331. The zero-order valence-corrected chi connectivity index (χ0v) is 9.55. The van der Waals surface area contributed by atoms with Crippen LogP contribution in [0.2, 0.25) is 0 Å². The minimum atomic E-state index is 0.364. The molecule has 2 nitrogen and oxygen atoms in total. The summed E-state index contributed by atoms with van der Waals surface area (Å²) in [7, 11) is 0. The number of nitrogens with one attached hydrogen (secondary N) is 1. The van der Waals surface area contributed by atoms with E-state index in [0.717, 1.165) is 26.3 Å². The molecule has 0 bridgehead atoms. The summed E-state index contributed by atoms with van der Waals surface area (Å²) in [4.78, 5) is 0. The van der Waals surface area contributed by atoms with Crippen molar-refractivity contribution in [2.45, 2.75) is 20.4 Å². The molecule has 0 aliphatic carbocycles. The molecule has 2 rings (SSSR count). The maximum absolute atomic E-state index is 5.22. The van der Waals surface area contributed by atoms with Gasteiger partial charge in [0.25, 0.3) is 0 Å². The van der Waals surface area contributed by atoms with E-state index in [2.05, 4.69) is 43.4 Å². The first kappa shape index (κ1) is 10.7. The van der Waals surface area contributed by atoms with E-state index in [1.54, 1.807) is 0 Å². The summed E-state index contributed by atoms with van der Waals surface area (Å²) in [6, 6.07) is 8.52. The standard InChI is InChI=1S/C13H19NO/c1-11-5-3-4-6-12(11)7-14-8-13(2)9-15-10-13/h3-6,14H,7-10H2,1-2H3. The van der Waals surface area contributed by atoms with Crippen LogP contribution in [-0.4, -0.2) is 19.8 Å². The summed E-state index contributed by atoms with van der Waals surface area (Å²) in [5.74, 6) is 0. The van der Waals surface area contributed by atoms with Gasteiger partial charge in [0.2, 0.25) is 0 Å². The predicted octanol–water partition coefficient (Wildman–Crippen LogP) is 2.12. The number of rotatable bonds is 4. The van der Waals surface area contributed by atoms with E-state index in [4.69, 9.17) is 4.74 Å². The van der Waals surface area contributed by atoms with Crippen molar-refractivity contribution < 1.29 is 4.74 Å². The van der Waals surface area contributed by atoms with Gasteiger partial charge in [-0.05, 0) is 18.1 Å². The van der Waals surface area contributed by atoms with E-state index in [0.29, 0.717) is 5.41 Å². The fourth-order valence-corrected chi connectivity index (χ4v) is 1.86. The van der Waals surface area contributed by atoms with Gasteiger partial charge >= 0.3 is 0 Å². The van der Waals surface area contributed by atoms with E-state index >= 15 is 0 Å². The van der Waals surface area contributed by atoms with Crippen molar-refractivity contribution in [3.8, 4) is 0 Å². The molecule has 1 fully saturated rings. The van der Waals surface area contributed by atoms with Crippen LogP contribution in [0, 0.1) is 12.3 Å². The molecule has 1 N–H and O–H groups in total. The lowest BCUT2D eigenvalue weighted by atomic mass is 9.88. The highest BCUT2D eigenvalue weighted by atomic mass is 16.5.